The second-order valence-corrected chi connectivity index (χ2v) is 8.28. The average Bonchev–Trinajstić information content (AvgIpc) is 3.36. The quantitative estimate of drug-likeness (QED) is 0.388. The number of methoxy groups -OCH3 is 3. The third-order valence-corrected chi connectivity index (χ3v) is 6.07. The summed E-state index contributed by atoms with van der Waals surface area (Å²) in [6.45, 7) is 1.84. The minimum absolute atomic E-state index is 0.276. The highest BCUT2D eigenvalue weighted by Gasteiger charge is 2.35. The van der Waals surface area contributed by atoms with Gasteiger partial charge in [0.2, 0.25) is 11.7 Å². The predicted molar refractivity (Wildman–Crippen MR) is 139 cm³/mol. The van der Waals surface area contributed by atoms with Crippen molar-refractivity contribution in [2.75, 3.05) is 32.0 Å². The summed E-state index contributed by atoms with van der Waals surface area (Å²) in [5.41, 5.74) is 3.31. The van der Waals surface area contributed by atoms with Gasteiger partial charge in [0.05, 0.1) is 26.9 Å². The number of rotatable bonds is 7. The number of para-hydroxylation sites is 1. The molecular weight excluding hydrogens is 472 g/mol. The van der Waals surface area contributed by atoms with Crippen molar-refractivity contribution in [2.24, 2.45) is 0 Å². The Morgan fingerprint density at radius 3 is 2.27 bits per heavy atom. The Hall–Kier alpha value is -4.86. The monoisotopic (exact) mass is 498 g/mol. The van der Waals surface area contributed by atoms with Crippen LogP contribution < -0.4 is 24.8 Å². The van der Waals surface area contributed by atoms with Crippen LogP contribution in [0.4, 0.5) is 11.6 Å². The zero-order valence-electron chi connectivity index (χ0n) is 20.9. The van der Waals surface area contributed by atoms with Crippen molar-refractivity contribution in [3.8, 4) is 28.6 Å². The second kappa shape index (κ2) is 10.0. The van der Waals surface area contributed by atoms with Crippen molar-refractivity contribution in [3.05, 3.63) is 83.8 Å². The normalized spacial score (nSPS) is 14.4. The van der Waals surface area contributed by atoms with Gasteiger partial charge < -0.3 is 24.8 Å². The number of nitrogens with one attached hydrogen (secondary N) is 2. The molecule has 0 fully saturated rings. The fourth-order valence-corrected chi connectivity index (χ4v) is 4.36. The van der Waals surface area contributed by atoms with E-state index in [1.807, 2.05) is 61.5 Å². The molecule has 5 rings (SSSR count). The molecule has 3 heterocycles. The van der Waals surface area contributed by atoms with Crippen LogP contribution in [-0.2, 0) is 4.79 Å². The number of aromatic nitrogens is 4. The first-order valence-corrected chi connectivity index (χ1v) is 11.5. The number of carbonyl (C=O) groups excluding carboxylic acids is 1. The van der Waals surface area contributed by atoms with Gasteiger partial charge in [-0.05, 0) is 48.9 Å². The Morgan fingerprint density at radius 2 is 1.65 bits per heavy atom. The largest absolute Gasteiger partial charge is 0.493 e. The van der Waals surface area contributed by atoms with E-state index in [0.29, 0.717) is 51.5 Å². The first-order chi connectivity index (χ1) is 18.0. The van der Waals surface area contributed by atoms with Crippen LogP contribution in [0.5, 0.6) is 17.2 Å². The summed E-state index contributed by atoms with van der Waals surface area (Å²) >= 11 is 0. The van der Waals surface area contributed by atoms with Gasteiger partial charge >= 0.3 is 0 Å². The number of fused-ring (bicyclic) bond motifs is 1. The van der Waals surface area contributed by atoms with Gasteiger partial charge in [0.1, 0.15) is 6.04 Å². The van der Waals surface area contributed by atoms with Crippen LogP contribution in [0.1, 0.15) is 18.5 Å². The van der Waals surface area contributed by atoms with Gasteiger partial charge in [-0.15, -0.1) is 5.10 Å². The Labute approximate surface area is 213 Å². The molecule has 188 valence electrons. The highest BCUT2D eigenvalue weighted by molar-refractivity contribution is 6.06. The van der Waals surface area contributed by atoms with Crippen molar-refractivity contribution in [3.63, 3.8) is 0 Å². The molecule has 0 saturated heterocycles. The topological polar surface area (TPSA) is 112 Å². The Kier molecular flexibility index (Phi) is 6.46. The summed E-state index contributed by atoms with van der Waals surface area (Å²) < 4.78 is 18.4. The number of allylic oxidation sites excluding steroid dienone is 1. The Bertz CT molecular complexity index is 1440. The lowest BCUT2D eigenvalue weighted by Crippen LogP contribution is -2.31. The maximum Gasteiger partial charge on any atom is 0.255 e. The maximum absolute atomic E-state index is 13.7. The molecule has 2 N–H and O–H groups in total. The Morgan fingerprint density at radius 1 is 0.973 bits per heavy atom. The number of hydrogen-bond donors (Lipinski definition) is 2. The third kappa shape index (κ3) is 4.44. The van der Waals surface area contributed by atoms with Crippen molar-refractivity contribution in [1.82, 2.24) is 19.7 Å². The minimum Gasteiger partial charge on any atom is -0.493 e. The molecule has 10 heteroatoms. The molecular formula is C27H26N6O4. The lowest BCUT2D eigenvalue weighted by molar-refractivity contribution is -0.113. The molecule has 0 bridgehead atoms. The zero-order chi connectivity index (χ0) is 25.9. The summed E-state index contributed by atoms with van der Waals surface area (Å²) in [7, 11) is 4.65. The van der Waals surface area contributed by atoms with Gasteiger partial charge in [0, 0.05) is 29.3 Å². The molecule has 1 aliphatic rings. The van der Waals surface area contributed by atoms with E-state index in [1.165, 1.54) is 0 Å². The Balaban J connectivity index is 1.68. The summed E-state index contributed by atoms with van der Waals surface area (Å²) in [5.74, 6) is 2.11. The molecule has 1 amide bonds. The molecule has 2 aromatic carbocycles. The van der Waals surface area contributed by atoms with Crippen LogP contribution in [0.2, 0.25) is 0 Å². The average molecular weight is 499 g/mol. The van der Waals surface area contributed by atoms with E-state index >= 15 is 0 Å². The lowest BCUT2D eigenvalue weighted by atomic mass is 9.94. The number of amides is 1. The van der Waals surface area contributed by atoms with Crippen molar-refractivity contribution < 1.29 is 19.0 Å². The van der Waals surface area contributed by atoms with Crippen LogP contribution in [0.15, 0.2) is 78.3 Å². The first kappa shape index (κ1) is 23.9. The number of carbonyl (C=O) groups is 1. The standard InChI is InChI=1S/C27H26N6O4/c1-16-22(26(34)30-19-8-6-5-7-9-19)23(18-14-20(35-2)24(37-4)21(15-18)36-3)33-27(29-16)31-25(32-33)17-10-12-28-13-11-17/h5-15,23H,1-4H3,(H,30,34)(H,29,31,32). The van der Waals surface area contributed by atoms with Crippen LogP contribution in [-0.4, -0.2) is 47.0 Å². The number of hydrogen-bond acceptors (Lipinski definition) is 8. The second-order valence-electron chi connectivity index (χ2n) is 8.28. The van der Waals surface area contributed by atoms with E-state index in [1.54, 1.807) is 38.4 Å². The molecule has 10 nitrogen and oxygen atoms in total. The smallest absolute Gasteiger partial charge is 0.255 e. The van der Waals surface area contributed by atoms with Gasteiger partial charge in [-0.3, -0.25) is 9.78 Å². The fraction of sp³-hybridized carbons (Fsp3) is 0.185. The van der Waals surface area contributed by atoms with Gasteiger partial charge in [-0.25, -0.2) is 4.68 Å². The molecule has 1 atom stereocenters. The van der Waals surface area contributed by atoms with Crippen LogP contribution in [0.25, 0.3) is 11.4 Å². The minimum atomic E-state index is -0.642. The summed E-state index contributed by atoms with van der Waals surface area (Å²) in [5, 5.41) is 11.0. The van der Waals surface area contributed by atoms with Gasteiger partial charge in [0.25, 0.3) is 5.91 Å². The molecule has 1 unspecified atom stereocenters. The molecule has 0 spiro atoms. The number of anilines is 2. The van der Waals surface area contributed by atoms with Crippen LogP contribution >= 0.6 is 0 Å². The molecule has 0 radical (unpaired) electrons. The summed E-state index contributed by atoms with van der Waals surface area (Å²) in [6.07, 6.45) is 3.36. The zero-order valence-corrected chi connectivity index (χ0v) is 20.9. The summed E-state index contributed by atoms with van der Waals surface area (Å²) in [4.78, 5) is 22.5. The SMILES string of the molecule is COc1cc(C2C(C(=O)Nc3ccccc3)=C(C)Nc3nc(-c4ccncc4)nn32)cc(OC)c1OC. The highest BCUT2D eigenvalue weighted by Crippen LogP contribution is 2.44. The molecule has 1 aliphatic heterocycles. The van der Waals surface area contributed by atoms with Crippen molar-refractivity contribution >= 4 is 17.5 Å². The molecule has 0 saturated carbocycles. The van der Waals surface area contributed by atoms with Crippen molar-refractivity contribution in [1.29, 1.82) is 0 Å². The van der Waals surface area contributed by atoms with Gasteiger partial charge in [0.15, 0.2) is 17.3 Å². The number of nitrogens with zero attached hydrogens (tertiary/aromatic N) is 4. The maximum atomic E-state index is 13.7. The predicted octanol–water partition coefficient (Wildman–Crippen LogP) is 4.29. The van der Waals surface area contributed by atoms with Crippen LogP contribution in [0.3, 0.4) is 0 Å². The number of pyridine rings is 1. The van der Waals surface area contributed by atoms with E-state index in [-0.39, 0.29) is 5.91 Å². The fourth-order valence-electron chi connectivity index (χ4n) is 4.36. The van der Waals surface area contributed by atoms with Gasteiger partial charge in [-0.1, -0.05) is 18.2 Å². The molecule has 2 aromatic heterocycles. The molecule has 4 aromatic rings. The molecule has 37 heavy (non-hydrogen) atoms. The van der Waals surface area contributed by atoms with Gasteiger partial charge in [-0.2, -0.15) is 4.98 Å². The number of benzene rings is 2. The summed E-state index contributed by atoms with van der Waals surface area (Å²) in [6, 6.07) is 15.9. The number of ether oxygens (including phenoxy) is 3. The third-order valence-electron chi connectivity index (χ3n) is 6.07. The lowest BCUT2D eigenvalue weighted by Gasteiger charge is -2.29. The highest BCUT2D eigenvalue weighted by atomic mass is 16.5. The van der Waals surface area contributed by atoms with E-state index in [0.717, 1.165) is 5.56 Å². The van der Waals surface area contributed by atoms with E-state index in [9.17, 15) is 4.79 Å². The van der Waals surface area contributed by atoms with E-state index in [4.69, 9.17) is 24.3 Å². The van der Waals surface area contributed by atoms with Crippen LogP contribution in [0, 0.1) is 0 Å². The van der Waals surface area contributed by atoms with Crippen molar-refractivity contribution in [2.45, 2.75) is 13.0 Å². The van der Waals surface area contributed by atoms with E-state index < -0.39 is 6.04 Å². The van der Waals surface area contributed by atoms with E-state index in [2.05, 4.69) is 15.6 Å². The molecule has 0 aliphatic carbocycles. The first-order valence-electron chi connectivity index (χ1n) is 11.5.